The Labute approximate surface area is 180 Å². The maximum atomic E-state index is 11.7. The van der Waals surface area contributed by atoms with Gasteiger partial charge in [-0.2, -0.15) is 9.13 Å². The molecule has 0 saturated carbocycles. The standard InChI is InChI=1S/C16H18N3O4.2HI/c1-2-23-16(20)14-6-5-8-18(11-14)12-22-13-19-9-4-3-7-15(19)10-17-21;;/h3-11H,2,12-13H2,1H3;2*1H/q+1;;/p-1. The summed E-state index contributed by atoms with van der Waals surface area (Å²) in [6, 6.07) is 8.95. The molecule has 0 saturated heterocycles. The van der Waals surface area contributed by atoms with Crippen LogP contribution in [0, 0.1) is 0 Å². The van der Waals surface area contributed by atoms with Gasteiger partial charge in [-0.25, -0.2) is 4.79 Å². The van der Waals surface area contributed by atoms with Gasteiger partial charge in [-0.1, -0.05) is 5.16 Å². The normalized spacial score (nSPS) is 9.96. The Morgan fingerprint density at radius 2 is 2.00 bits per heavy atom. The maximum Gasteiger partial charge on any atom is 0.344 e. The van der Waals surface area contributed by atoms with Crippen molar-refractivity contribution < 1.29 is 76.6 Å². The molecule has 0 amide bonds. The van der Waals surface area contributed by atoms with Gasteiger partial charge in [-0.05, 0) is 19.1 Å². The number of oxime groups is 1. The minimum Gasteiger partial charge on any atom is -1.00 e. The van der Waals surface area contributed by atoms with Crippen LogP contribution >= 0.6 is 0 Å². The number of carbonyl (C=O) groups is 1. The summed E-state index contributed by atoms with van der Waals surface area (Å²) in [5, 5.41) is 11.7. The van der Waals surface area contributed by atoms with E-state index in [0.717, 1.165) is 0 Å². The number of rotatable bonds is 7. The van der Waals surface area contributed by atoms with Gasteiger partial charge in [0.1, 0.15) is 11.8 Å². The van der Waals surface area contributed by atoms with Gasteiger partial charge in [-0.15, -0.1) is 0 Å². The van der Waals surface area contributed by atoms with Crippen molar-refractivity contribution in [3.05, 3.63) is 60.2 Å². The first-order valence-electron chi connectivity index (χ1n) is 7.14. The molecule has 0 radical (unpaired) electrons. The van der Waals surface area contributed by atoms with Crippen LogP contribution in [0.4, 0.5) is 0 Å². The van der Waals surface area contributed by atoms with E-state index in [2.05, 4.69) is 5.16 Å². The number of hydrogen-bond acceptors (Lipinski definition) is 5. The minimum absolute atomic E-state index is 0. The number of halogens is 2. The molecule has 2 heterocycles. The third-order valence-electron chi connectivity index (χ3n) is 3.01. The topological polar surface area (TPSA) is 75.9 Å². The van der Waals surface area contributed by atoms with E-state index in [9.17, 15) is 4.79 Å². The lowest BCUT2D eigenvalue weighted by Crippen LogP contribution is -3.00. The number of hydrogen-bond donors (Lipinski definition) is 1. The van der Waals surface area contributed by atoms with E-state index in [1.54, 1.807) is 46.7 Å². The van der Waals surface area contributed by atoms with Gasteiger partial charge in [-0.3, -0.25) is 4.74 Å². The molecule has 1 N–H and O–H groups in total. The Hall–Kier alpha value is -1.34. The van der Waals surface area contributed by atoms with E-state index in [4.69, 9.17) is 14.7 Å². The van der Waals surface area contributed by atoms with Crippen LogP contribution in [-0.4, -0.2) is 24.0 Å². The minimum atomic E-state index is -0.360. The molecule has 0 aliphatic carbocycles. The van der Waals surface area contributed by atoms with Crippen molar-refractivity contribution in [1.82, 2.24) is 0 Å². The highest BCUT2D eigenvalue weighted by Crippen LogP contribution is 1.98. The van der Waals surface area contributed by atoms with Crippen LogP contribution in [0.5, 0.6) is 0 Å². The molecule has 0 aliphatic heterocycles. The average Bonchev–Trinajstić information content (AvgIpc) is 2.57. The molecule has 0 aromatic carbocycles. The third-order valence-corrected chi connectivity index (χ3v) is 3.01. The molecule has 136 valence electrons. The predicted molar refractivity (Wildman–Crippen MR) is 79.7 cm³/mol. The summed E-state index contributed by atoms with van der Waals surface area (Å²) >= 11 is 0. The lowest BCUT2D eigenvalue weighted by molar-refractivity contribution is -0.788. The summed E-state index contributed by atoms with van der Waals surface area (Å²) in [6.07, 6.45) is 6.62. The van der Waals surface area contributed by atoms with Crippen molar-refractivity contribution in [2.75, 3.05) is 6.61 Å². The molecular formula is C16H19I2N3O4. The maximum absolute atomic E-state index is 11.7. The largest absolute Gasteiger partial charge is 1.00 e. The second-order valence-corrected chi connectivity index (χ2v) is 4.63. The van der Waals surface area contributed by atoms with Crippen molar-refractivity contribution in [2.45, 2.75) is 20.4 Å². The second-order valence-electron chi connectivity index (χ2n) is 4.63. The van der Waals surface area contributed by atoms with E-state index < -0.39 is 0 Å². The third kappa shape index (κ3) is 7.61. The van der Waals surface area contributed by atoms with Gasteiger partial charge in [0.15, 0.2) is 18.6 Å². The summed E-state index contributed by atoms with van der Waals surface area (Å²) in [5.74, 6) is -0.360. The highest BCUT2D eigenvalue weighted by molar-refractivity contribution is 5.88. The summed E-state index contributed by atoms with van der Waals surface area (Å²) in [5.41, 5.74) is 1.18. The van der Waals surface area contributed by atoms with Crippen molar-refractivity contribution in [3.63, 3.8) is 0 Å². The number of nitrogens with zero attached hydrogens (tertiary/aromatic N) is 3. The zero-order valence-electron chi connectivity index (χ0n) is 13.6. The van der Waals surface area contributed by atoms with Gasteiger partial charge in [0.25, 0.3) is 13.5 Å². The van der Waals surface area contributed by atoms with Gasteiger partial charge in [0.05, 0.1) is 6.61 Å². The SMILES string of the molecule is CCOC(=O)c1ccc[n+](COC[n+]2ccccc2C=NO)c1.[I-].[I-]. The summed E-state index contributed by atoms with van der Waals surface area (Å²) < 4.78 is 14.1. The first-order valence-corrected chi connectivity index (χ1v) is 7.14. The van der Waals surface area contributed by atoms with Crippen molar-refractivity contribution in [2.24, 2.45) is 5.16 Å². The van der Waals surface area contributed by atoms with Crippen molar-refractivity contribution in [1.29, 1.82) is 0 Å². The van der Waals surface area contributed by atoms with Gasteiger partial charge < -0.3 is 57.9 Å². The van der Waals surface area contributed by atoms with E-state index in [1.165, 1.54) is 6.21 Å². The average molecular weight is 571 g/mol. The summed E-state index contributed by atoms with van der Waals surface area (Å²) in [4.78, 5) is 11.7. The van der Waals surface area contributed by atoms with E-state index >= 15 is 0 Å². The second kappa shape index (κ2) is 12.9. The Morgan fingerprint density at radius 1 is 1.20 bits per heavy atom. The molecule has 0 atom stereocenters. The van der Waals surface area contributed by atoms with Gasteiger partial charge in [0.2, 0.25) is 5.69 Å². The molecule has 2 aromatic heterocycles. The molecular weight excluding hydrogens is 552 g/mol. The van der Waals surface area contributed by atoms with Gasteiger partial charge >= 0.3 is 5.97 Å². The van der Waals surface area contributed by atoms with Crippen LogP contribution in [0.1, 0.15) is 23.0 Å². The van der Waals surface area contributed by atoms with Crippen LogP contribution in [0.15, 0.2) is 54.1 Å². The van der Waals surface area contributed by atoms with Crippen LogP contribution < -0.4 is 57.1 Å². The Balaban J connectivity index is 0.00000288. The van der Waals surface area contributed by atoms with E-state index in [-0.39, 0.29) is 67.4 Å². The molecule has 25 heavy (non-hydrogen) atoms. The number of aromatic nitrogens is 2. The fraction of sp³-hybridized carbons (Fsp3) is 0.250. The molecule has 2 rings (SSSR count). The smallest absolute Gasteiger partial charge is 0.344 e. The molecule has 0 spiro atoms. The Kier molecular flexibility index (Phi) is 12.2. The van der Waals surface area contributed by atoms with E-state index in [0.29, 0.717) is 17.9 Å². The van der Waals surface area contributed by atoms with Gasteiger partial charge in [0, 0.05) is 18.2 Å². The number of esters is 1. The Morgan fingerprint density at radius 3 is 2.72 bits per heavy atom. The Bertz CT molecular complexity index is 699. The lowest BCUT2D eigenvalue weighted by Gasteiger charge is -2.02. The van der Waals surface area contributed by atoms with Crippen LogP contribution in [0.25, 0.3) is 0 Å². The first-order chi connectivity index (χ1) is 11.2. The number of ether oxygens (including phenoxy) is 2. The number of carbonyl (C=O) groups excluding carboxylic acids is 1. The molecule has 7 nitrogen and oxygen atoms in total. The number of pyridine rings is 2. The predicted octanol–water partition coefficient (Wildman–Crippen LogP) is -5.11. The fourth-order valence-corrected chi connectivity index (χ4v) is 1.97. The highest BCUT2D eigenvalue weighted by atomic mass is 127. The van der Waals surface area contributed by atoms with E-state index in [1.807, 2.05) is 18.3 Å². The summed E-state index contributed by atoms with van der Waals surface area (Å²) in [6.45, 7) is 2.65. The molecule has 0 unspecified atom stereocenters. The molecule has 9 heteroatoms. The molecule has 0 fully saturated rings. The molecule has 0 bridgehead atoms. The molecule has 0 aliphatic rings. The first kappa shape index (κ1) is 23.7. The van der Waals surface area contributed by atoms with Crippen LogP contribution in [-0.2, 0) is 22.9 Å². The monoisotopic (exact) mass is 571 g/mol. The zero-order chi connectivity index (χ0) is 16.5. The summed E-state index contributed by atoms with van der Waals surface area (Å²) in [7, 11) is 0. The van der Waals surface area contributed by atoms with Crippen LogP contribution in [0.3, 0.4) is 0 Å². The van der Waals surface area contributed by atoms with Crippen LogP contribution in [0.2, 0.25) is 0 Å². The molecule has 2 aromatic rings. The van der Waals surface area contributed by atoms with Crippen molar-refractivity contribution >= 4 is 12.2 Å². The quantitative estimate of drug-likeness (QED) is 0.0903. The highest BCUT2D eigenvalue weighted by Gasteiger charge is 2.13. The fourth-order valence-electron chi connectivity index (χ4n) is 1.97. The van der Waals surface area contributed by atoms with Crippen molar-refractivity contribution in [3.8, 4) is 0 Å². The zero-order valence-corrected chi connectivity index (χ0v) is 17.9. The lowest BCUT2D eigenvalue weighted by atomic mass is 10.3.